The highest BCUT2D eigenvalue weighted by Gasteiger charge is 2.07. The minimum absolute atomic E-state index is 0.0205. The highest BCUT2D eigenvalue weighted by Crippen LogP contribution is 2.24. The summed E-state index contributed by atoms with van der Waals surface area (Å²) in [5.41, 5.74) is 10.8. The molecule has 0 bridgehead atoms. The molecular weight excluding hydrogens is 182 g/mol. The topological polar surface area (TPSA) is 107 Å². The van der Waals surface area contributed by atoms with Gasteiger partial charge in [-0.3, -0.25) is 4.79 Å². The van der Waals surface area contributed by atoms with Crippen molar-refractivity contribution in [1.29, 1.82) is 0 Å². The summed E-state index contributed by atoms with van der Waals surface area (Å²) >= 11 is 5.58. The molecular formula is C5H6ClN5O. The monoisotopic (exact) mass is 187 g/mol. The second-order valence-corrected chi connectivity index (χ2v) is 2.25. The van der Waals surface area contributed by atoms with Crippen molar-refractivity contribution in [2.75, 3.05) is 16.8 Å². The SMILES string of the molecule is Nc1nc(N)c(NC=O)c(Cl)n1. The number of nitrogen functional groups attached to an aromatic ring is 2. The number of halogens is 1. The fourth-order valence-corrected chi connectivity index (χ4v) is 0.897. The van der Waals surface area contributed by atoms with Gasteiger partial charge >= 0.3 is 0 Å². The molecule has 1 amide bonds. The number of amides is 1. The van der Waals surface area contributed by atoms with Crippen LogP contribution in [0.2, 0.25) is 5.15 Å². The van der Waals surface area contributed by atoms with Crippen LogP contribution in [0.3, 0.4) is 0 Å². The van der Waals surface area contributed by atoms with Crippen LogP contribution in [-0.2, 0) is 4.79 Å². The Morgan fingerprint density at radius 2 is 2.08 bits per heavy atom. The summed E-state index contributed by atoms with van der Waals surface area (Å²) in [6.07, 6.45) is 0.428. The summed E-state index contributed by atoms with van der Waals surface area (Å²) in [5, 5.41) is 2.27. The average Bonchev–Trinajstić information content (AvgIpc) is 1.96. The first-order valence-electron chi connectivity index (χ1n) is 2.94. The molecule has 0 aliphatic carbocycles. The van der Waals surface area contributed by atoms with Crippen molar-refractivity contribution < 1.29 is 4.79 Å². The number of nitrogens with zero attached hydrogens (tertiary/aromatic N) is 2. The minimum atomic E-state index is -0.0334. The largest absolute Gasteiger partial charge is 0.382 e. The fraction of sp³-hybridized carbons (Fsp3) is 0. The van der Waals surface area contributed by atoms with Gasteiger partial charge in [-0.25, -0.2) is 0 Å². The van der Waals surface area contributed by atoms with E-state index in [9.17, 15) is 4.79 Å². The third-order valence-corrected chi connectivity index (χ3v) is 1.39. The summed E-state index contributed by atoms with van der Waals surface area (Å²) < 4.78 is 0. The fourth-order valence-electron chi connectivity index (χ4n) is 0.659. The summed E-state index contributed by atoms with van der Waals surface area (Å²) in [7, 11) is 0. The zero-order valence-corrected chi connectivity index (χ0v) is 6.67. The summed E-state index contributed by atoms with van der Waals surface area (Å²) in [4.78, 5) is 17.2. The molecule has 0 aliphatic heterocycles. The maximum absolute atomic E-state index is 10.1. The van der Waals surface area contributed by atoms with Gasteiger partial charge in [0.1, 0.15) is 5.69 Å². The predicted octanol–water partition coefficient (Wildman–Crippen LogP) is -0.137. The first-order chi connectivity index (χ1) is 5.65. The molecule has 0 aliphatic rings. The number of carbonyl (C=O) groups excluding carboxylic acids is 1. The van der Waals surface area contributed by atoms with Crippen LogP contribution in [0.4, 0.5) is 17.5 Å². The van der Waals surface area contributed by atoms with Crippen LogP contribution < -0.4 is 16.8 Å². The van der Waals surface area contributed by atoms with Crippen molar-refractivity contribution in [1.82, 2.24) is 9.97 Å². The third-order valence-electron chi connectivity index (χ3n) is 1.11. The normalized spacial score (nSPS) is 9.42. The number of nitrogens with two attached hydrogens (primary N) is 2. The highest BCUT2D eigenvalue weighted by atomic mass is 35.5. The Kier molecular flexibility index (Phi) is 2.29. The summed E-state index contributed by atoms with van der Waals surface area (Å²) in [6, 6.07) is 0. The Morgan fingerprint density at radius 1 is 1.42 bits per heavy atom. The number of hydrogen-bond donors (Lipinski definition) is 3. The van der Waals surface area contributed by atoms with Gasteiger partial charge in [0.15, 0.2) is 11.0 Å². The van der Waals surface area contributed by atoms with E-state index in [2.05, 4.69) is 15.3 Å². The van der Waals surface area contributed by atoms with Crippen molar-refractivity contribution >= 4 is 35.5 Å². The van der Waals surface area contributed by atoms with Gasteiger partial charge < -0.3 is 16.8 Å². The first kappa shape index (κ1) is 8.54. The second-order valence-electron chi connectivity index (χ2n) is 1.90. The number of anilines is 3. The lowest BCUT2D eigenvalue weighted by molar-refractivity contribution is -0.105. The van der Waals surface area contributed by atoms with Crippen LogP contribution in [0.5, 0.6) is 0 Å². The van der Waals surface area contributed by atoms with Gasteiger partial charge in [-0.15, -0.1) is 0 Å². The lowest BCUT2D eigenvalue weighted by Crippen LogP contribution is -2.06. The Bertz CT molecular complexity index is 292. The van der Waals surface area contributed by atoms with Crippen molar-refractivity contribution in [3.63, 3.8) is 0 Å². The molecule has 1 aromatic rings. The average molecular weight is 188 g/mol. The lowest BCUT2D eigenvalue weighted by atomic mass is 10.5. The van der Waals surface area contributed by atoms with E-state index < -0.39 is 0 Å². The molecule has 1 heterocycles. The molecule has 0 saturated carbocycles. The smallest absolute Gasteiger partial charge is 0.223 e. The molecule has 0 atom stereocenters. The van der Waals surface area contributed by atoms with Crippen LogP contribution in [0.1, 0.15) is 0 Å². The maximum Gasteiger partial charge on any atom is 0.223 e. The zero-order chi connectivity index (χ0) is 9.14. The molecule has 0 radical (unpaired) electrons. The summed E-state index contributed by atoms with van der Waals surface area (Å²) in [6.45, 7) is 0. The number of aromatic nitrogens is 2. The predicted molar refractivity (Wildman–Crippen MR) is 45.6 cm³/mol. The number of carbonyl (C=O) groups is 1. The van der Waals surface area contributed by atoms with E-state index in [1.54, 1.807) is 0 Å². The molecule has 64 valence electrons. The zero-order valence-electron chi connectivity index (χ0n) is 5.91. The lowest BCUT2D eigenvalue weighted by Gasteiger charge is -2.04. The second kappa shape index (κ2) is 3.22. The molecule has 0 aromatic carbocycles. The van der Waals surface area contributed by atoms with E-state index in [1.807, 2.05) is 0 Å². The summed E-state index contributed by atoms with van der Waals surface area (Å²) in [5.74, 6) is 0.00792. The van der Waals surface area contributed by atoms with Gasteiger partial charge in [0.2, 0.25) is 12.4 Å². The van der Waals surface area contributed by atoms with E-state index >= 15 is 0 Å². The van der Waals surface area contributed by atoms with Crippen LogP contribution in [0.25, 0.3) is 0 Å². The van der Waals surface area contributed by atoms with Crippen molar-refractivity contribution in [2.45, 2.75) is 0 Å². The van der Waals surface area contributed by atoms with E-state index in [0.29, 0.717) is 6.41 Å². The molecule has 0 fully saturated rings. The molecule has 0 spiro atoms. The highest BCUT2D eigenvalue weighted by molar-refractivity contribution is 6.33. The number of rotatable bonds is 2. The van der Waals surface area contributed by atoms with Crippen LogP contribution in [0, 0.1) is 0 Å². The van der Waals surface area contributed by atoms with E-state index in [-0.39, 0.29) is 22.6 Å². The maximum atomic E-state index is 10.1. The van der Waals surface area contributed by atoms with E-state index in [0.717, 1.165) is 0 Å². The molecule has 12 heavy (non-hydrogen) atoms. The molecule has 5 N–H and O–H groups in total. The number of nitrogens with one attached hydrogen (secondary N) is 1. The van der Waals surface area contributed by atoms with Crippen LogP contribution in [0.15, 0.2) is 0 Å². The Morgan fingerprint density at radius 3 is 2.58 bits per heavy atom. The van der Waals surface area contributed by atoms with E-state index in [1.165, 1.54) is 0 Å². The van der Waals surface area contributed by atoms with Gasteiger partial charge in [0.25, 0.3) is 0 Å². The molecule has 1 rings (SSSR count). The Hall–Kier alpha value is -1.56. The molecule has 1 aromatic heterocycles. The van der Waals surface area contributed by atoms with Gasteiger partial charge in [-0.1, -0.05) is 11.6 Å². The van der Waals surface area contributed by atoms with Crippen LogP contribution >= 0.6 is 11.6 Å². The Balaban J connectivity index is 3.18. The van der Waals surface area contributed by atoms with E-state index in [4.69, 9.17) is 23.1 Å². The van der Waals surface area contributed by atoms with Crippen LogP contribution in [-0.4, -0.2) is 16.4 Å². The standard InChI is InChI=1S/C5H6ClN5O/c6-3-2(9-1-12)4(7)11-5(8)10-3/h1H,(H,9,12)(H4,7,8,10,11). The quantitative estimate of drug-likeness (QED) is 0.441. The van der Waals surface area contributed by atoms with Gasteiger partial charge in [0.05, 0.1) is 0 Å². The van der Waals surface area contributed by atoms with Gasteiger partial charge in [0, 0.05) is 0 Å². The van der Waals surface area contributed by atoms with Crippen molar-refractivity contribution in [3.8, 4) is 0 Å². The third kappa shape index (κ3) is 1.54. The van der Waals surface area contributed by atoms with Crippen molar-refractivity contribution in [2.24, 2.45) is 0 Å². The molecule has 7 heteroatoms. The van der Waals surface area contributed by atoms with Gasteiger partial charge in [-0.2, -0.15) is 9.97 Å². The van der Waals surface area contributed by atoms with Crippen molar-refractivity contribution in [3.05, 3.63) is 5.15 Å². The number of hydrogen-bond acceptors (Lipinski definition) is 5. The molecule has 0 saturated heterocycles. The molecule has 6 nitrogen and oxygen atoms in total. The van der Waals surface area contributed by atoms with Gasteiger partial charge in [-0.05, 0) is 0 Å². The minimum Gasteiger partial charge on any atom is -0.382 e. The Labute approximate surface area is 72.9 Å². The molecule has 0 unspecified atom stereocenters. The first-order valence-corrected chi connectivity index (χ1v) is 3.31.